The van der Waals surface area contributed by atoms with E-state index in [-0.39, 0.29) is 12.4 Å². The summed E-state index contributed by atoms with van der Waals surface area (Å²) >= 11 is 0. The highest BCUT2D eigenvalue weighted by atomic mass is 16.6. The Morgan fingerprint density at radius 2 is 1.67 bits per heavy atom. The zero-order valence-corrected chi connectivity index (χ0v) is 13.6. The molecule has 116 valence electrons. The summed E-state index contributed by atoms with van der Waals surface area (Å²) in [7, 11) is -1.62. The molecule has 0 aliphatic heterocycles. The van der Waals surface area contributed by atoms with E-state index in [2.05, 4.69) is 0 Å². The number of ether oxygens (including phenoxy) is 1. The molecule has 4 N–H and O–H groups in total. The smallest absolute Gasteiger partial charge is 0.460 e. The van der Waals surface area contributed by atoms with E-state index in [0.717, 1.165) is 5.56 Å². The normalized spacial score (nSPS) is 11.4. The minimum absolute atomic E-state index is 0.0547. The van der Waals surface area contributed by atoms with Gasteiger partial charge < -0.3 is 20.5 Å². The van der Waals surface area contributed by atoms with Crippen molar-refractivity contribution in [3.8, 4) is 0 Å². The lowest BCUT2D eigenvalue weighted by Crippen LogP contribution is -2.37. The third-order valence-corrected chi connectivity index (χ3v) is 3.52. The fourth-order valence-corrected chi connectivity index (χ4v) is 2.49. The van der Waals surface area contributed by atoms with Crippen LogP contribution in [0.25, 0.3) is 0 Å². The summed E-state index contributed by atoms with van der Waals surface area (Å²) in [5.41, 5.74) is 9.06. The van der Waals surface area contributed by atoms with E-state index in [9.17, 15) is 14.8 Å². The molecule has 0 unspecified atom stereocenters. The van der Waals surface area contributed by atoms with E-state index < -0.39 is 12.7 Å². The quantitative estimate of drug-likeness (QED) is 0.434. The van der Waals surface area contributed by atoms with Gasteiger partial charge in [0.1, 0.15) is 5.60 Å². The van der Waals surface area contributed by atoms with Crippen LogP contribution < -0.4 is 11.2 Å². The van der Waals surface area contributed by atoms with E-state index in [0.29, 0.717) is 27.8 Å². The lowest BCUT2D eigenvalue weighted by Gasteiger charge is -2.22. The van der Waals surface area contributed by atoms with E-state index in [1.807, 2.05) is 6.92 Å². The molecule has 0 saturated heterocycles. The number of nitrogens with two attached hydrogens (primary N) is 1. The Bertz CT molecular complexity index is 562. The van der Waals surface area contributed by atoms with Crippen LogP contribution in [0.15, 0.2) is 0 Å². The summed E-state index contributed by atoms with van der Waals surface area (Å²) in [6.45, 7) is 10.7. The van der Waals surface area contributed by atoms with Crippen molar-refractivity contribution < 1.29 is 19.6 Å². The molecule has 0 radical (unpaired) electrons. The summed E-state index contributed by atoms with van der Waals surface area (Å²) in [6, 6.07) is 0. The number of hydrogen-bond donors (Lipinski definition) is 3. The fraction of sp³-hybridized carbons (Fsp3) is 0.533. The van der Waals surface area contributed by atoms with Gasteiger partial charge in [0.05, 0.1) is 6.42 Å². The number of rotatable bonds is 3. The third-order valence-electron chi connectivity index (χ3n) is 3.52. The fourth-order valence-electron chi connectivity index (χ4n) is 2.49. The zero-order valence-electron chi connectivity index (χ0n) is 13.6. The van der Waals surface area contributed by atoms with Gasteiger partial charge in [-0.3, -0.25) is 4.79 Å². The van der Waals surface area contributed by atoms with E-state index in [4.69, 9.17) is 10.5 Å². The summed E-state index contributed by atoms with van der Waals surface area (Å²) in [6.07, 6.45) is 0.0547. The Hall–Kier alpha value is -1.53. The van der Waals surface area contributed by atoms with Gasteiger partial charge >= 0.3 is 13.1 Å². The topological polar surface area (TPSA) is 92.8 Å². The molecule has 5 nitrogen and oxygen atoms in total. The van der Waals surface area contributed by atoms with Crippen molar-refractivity contribution in [3.05, 3.63) is 22.3 Å². The molecule has 1 rings (SSSR count). The first-order valence-electron chi connectivity index (χ1n) is 6.91. The lowest BCUT2D eigenvalue weighted by molar-refractivity contribution is -0.153. The largest absolute Gasteiger partial charge is 0.489 e. The van der Waals surface area contributed by atoms with Crippen LogP contribution in [0.2, 0.25) is 0 Å². The molecule has 0 aliphatic carbocycles. The second-order valence-electron chi connectivity index (χ2n) is 6.32. The Labute approximate surface area is 126 Å². The Kier molecular flexibility index (Phi) is 5.07. The molecule has 0 amide bonds. The van der Waals surface area contributed by atoms with E-state index >= 15 is 0 Å². The average Bonchev–Trinajstić information content (AvgIpc) is 2.29. The Morgan fingerprint density at radius 1 is 1.14 bits per heavy atom. The SMILES string of the molecule is Cc1c(N)c(C)c(B(O)O)c(C)c1CC(=O)OC(C)(C)C. The van der Waals surface area contributed by atoms with Gasteiger partial charge in [-0.15, -0.1) is 0 Å². The first-order chi connectivity index (χ1) is 9.45. The van der Waals surface area contributed by atoms with Crippen molar-refractivity contribution in [2.75, 3.05) is 5.73 Å². The van der Waals surface area contributed by atoms with Crippen molar-refractivity contribution in [3.63, 3.8) is 0 Å². The number of nitrogen functional groups attached to an aromatic ring is 1. The highest BCUT2D eigenvalue weighted by Crippen LogP contribution is 2.24. The molecule has 1 aromatic rings. The van der Waals surface area contributed by atoms with Gasteiger partial charge in [0, 0.05) is 5.69 Å². The monoisotopic (exact) mass is 293 g/mol. The molecular weight excluding hydrogens is 269 g/mol. The van der Waals surface area contributed by atoms with Gasteiger partial charge in [-0.2, -0.15) is 0 Å². The maximum absolute atomic E-state index is 12.0. The number of carbonyl (C=O) groups is 1. The van der Waals surface area contributed by atoms with Gasteiger partial charge in [0.15, 0.2) is 0 Å². The van der Waals surface area contributed by atoms with Crippen LogP contribution in [-0.2, 0) is 16.0 Å². The van der Waals surface area contributed by atoms with Crippen LogP contribution >= 0.6 is 0 Å². The lowest BCUT2D eigenvalue weighted by atomic mass is 9.71. The predicted octanol–water partition coefficient (Wildman–Crippen LogP) is 0.758. The molecule has 0 aromatic heterocycles. The van der Waals surface area contributed by atoms with Crippen LogP contribution in [0.3, 0.4) is 0 Å². The second kappa shape index (κ2) is 6.07. The van der Waals surface area contributed by atoms with Gasteiger partial charge in [0.2, 0.25) is 0 Å². The number of carbonyl (C=O) groups excluding carboxylic acids is 1. The minimum atomic E-state index is -1.62. The number of benzene rings is 1. The van der Waals surface area contributed by atoms with Crippen LogP contribution in [0.4, 0.5) is 5.69 Å². The molecule has 21 heavy (non-hydrogen) atoms. The summed E-state index contributed by atoms with van der Waals surface area (Å²) in [5.74, 6) is -0.365. The Morgan fingerprint density at radius 3 is 2.10 bits per heavy atom. The van der Waals surface area contributed by atoms with Gasteiger partial charge in [-0.05, 0) is 69.3 Å². The molecule has 0 saturated carbocycles. The van der Waals surface area contributed by atoms with Crippen LogP contribution in [0.1, 0.15) is 43.0 Å². The van der Waals surface area contributed by atoms with Crippen LogP contribution in [0, 0.1) is 20.8 Å². The van der Waals surface area contributed by atoms with Crippen molar-refractivity contribution in [1.29, 1.82) is 0 Å². The van der Waals surface area contributed by atoms with Crippen molar-refractivity contribution in [1.82, 2.24) is 0 Å². The standard InChI is InChI=1S/C15H24BNO4/c1-8-11(7-12(18)21-15(4,5)6)9(2)14(17)10(3)13(8)16(19)20/h19-20H,7,17H2,1-6H3. The third kappa shape index (κ3) is 3.98. The molecule has 0 bridgehead atoms. The van der Waals surface area contributed by atoms with Crippen molar-refractivity contribution in [2.24, 2.45) is 0 Å². The predicted molar refractivity (Wildman–Crippen MR) is 84.4 cm³/mol. The van der Waals surface area contributed by atoms with E-state index in [1.54, 1.807) is 34.6 Å². The van der Waals surface area contributed by atoms with Crippen molar-refractivity contribution >= 4 is 24.2 Å². The average molecular weight is 293 g/mol. The molecule has 0 aliphatic rings. The number of esters is 1. The van der Waals surface area contributed by atoms with E-state index in [1.165, 1.54) is 0 Å². The van der Waals surface area contributed by atoms with Crippen molar-refractivity contribution in [2.45, 2.75) is 53.6 Å². The summed E-state index contributed by atoms with van der Waals surface area (Å²) in [5, 5.41) is 19.1. The minimum Gasteiger partial charge on any atom is -0.460 e. The molecule has 1 aromatic carbocycles. The maximum Gasteiger partial charge on any atom is 0.489 e. The molecule has 0 fully saturated rings. The van der Waals surface area contributed by atoms with Gasteiger partial charge in [-0.25, -0.2) is 0 Å². The Balaban J connectivity index is 3.28. The maximum atomic E-state index is 12.0. The highest BCUT2D eigenvalue weighted by Gasteiger charge is 2.25. The van der Waals surface area contributed by atoms with Gasteiger partial charge in [0.25, 0.3) is 0 Å². The zero-order chi connectivity index (χ0) is 16.5. The second-order valence-corrected chi connectivity index (χ2v) is 6.32. The van der Waals surface area contributed by atoms with Crippen LogP contribution in [0.5, 0.6) is 0 Å². The highest BCUT2D eigenvalue weighted by molar-refractivity contribution is 6.60. The molecule has 6 heteroatoms. The first kappa shape index (κ1) is 17.5. The first-order valence-corrected chi connectivity index (χ1v) is 6.91. The molecular formula is C15H24BNO4. The molecule has 0 heterocycles. The summed E-state index contributed by atoms with van der Waals surface area (Å²) in [4.78, 5) is 12.0. The molecule has 0 atom stereocenters. The number of hydrogen-bond acceptors (Lipinski definition) is 5. The number of anilines is 1. The molecule has 0 spiro atoms. The van der Waals surface area contributed by atoms with Crippen LogP contribution in [-0.4, -0.2) is 28.7 Å². The van der Waals surface area contributed by atoms with Gasteiger partial charge in [-0.1, -0.05) is 0 Å². The summed E-state index contributed by atoms with van der Waals surface area (Å²) < 4.78 is 5.32.